The Morgan fingerprint density at radius 1 is 1.21 bits per heavy atom. The van der Waals surface area contributed by atoms with E-state index >= 15 is 0 Å². The molecule has 1 aromatic carbocycles. The third kappa shape index (κ3) is 3.29. The van der Waals surface area contributed by atoms with Crippen LogP contribution in [0.4, 0.5) is 5.69 Å². The predicted molar refractivity (Wildman–Crippen MR) is 80.4 cm³/mol. The van der Waals surface area contributed by atoms with Gasteiger partial charge in [-0.25, -0.2) is 0 Å². The highest BCUT2D eigenvalue weighted by atomic mass is 15.2. The van der Waals surface area contributed by atoms with Gasteiger partial charge in [-0.2, -0.15) is 5.26 Å². The fourth-order valence-electron chi connectivity index (χ4n) is 2.81. The van der Waals surface area contributed by atoms with Gasteiger partial charge in [0.2, 0.25) is 0 Å². The standard InChI is InChI=1S/C17H24N2/c1-17(2,3)14-7-9-16(10-8-14)19-13-5-4-6-15(19)11-12-18/h7-10,15H,4-6,11,13H2,1-3H3. The Balaban J connectivity index is 2.18. The fourth-order valence-corrected chi connectivity index (χ4v) is 2.81. The maximum Gasteiger partial charge on any atom is 0.0643 e. The molecule has 1 aliphatic heterocycles. The zero-order valence-electron chi connectivity index (χ0n) is 12.3. The molecule has 1 unspecified atom stereocenters. The van der Waals surface area contributed by atoms with Crippen molar-refractivity contribution in [3.63, 3.8) is 0 Å². The Morgan fingerprint density at radius 3 is 2.47 bits per heavy atom. The molecular formula is C17H24N2. The summed E-state index contributed by atoms with van der Waals surface area (Å²) >= 11 is 0. The first-order chi connectivity index (χ1) is 9.02. The van der Waals surface area contributed by atoms with Crippen molar-refractivity contribution in [2.24, 2.45) is 0 Å². The molecule has 102 valence electrons. The molecule has 0 saturated carbocycles. The number of hydrogen-bond donors (Lipinski definition) is 0. The number of nitriles is 1. The van der Waals surface area contributed by atoms with Gasteiger partial charge in [0, 0.05) is 18.3 Å². The monoisotopic (exact) mass is 256 g/mol. The minimum Gasteiger partial charge on any atom is -0.368 e. The van der Waals surface area contributed by atoms with Crippen LogP contribution < -0.4 is 4.90 Å². The molecule has 0 aromatic heterocycles. The van der Waals surface area contributed by atoms with E-state index in [2.05, 4.69) is 56.0 Å². The van der Waals surface area contributed by atoms with E-state index in [-0.39, 0.29) is 5.41 Å². The van der Waals surface area contributed by atoms with Crippen LogP contribution in [0.2, 0.25) is 0 Å². The summed E-state index contributed by atoms with van der Waals surface area (Å²) in [5.41, 5.74) is 2.84. The van der Waals surface area contributed by atoms with E-state index in [9.17, 15) is 0 Å². The third-order valence-corrected chi connectivity index (χ3v) is 4.02. The van der Waals surface area contributed by atoms with E-state index in [0.29, 0.717) is 12.5 Å². The smallest absolute Gasteiger partial charge is 0.0643 e. The average Bonchev–Trinajstić information content (AvgIpc) is 2.39. The number of piperidine rings is 1. The van der Waals surface area contributed by atoms with Gasteiger partial charge < -0.3 is 4.90 Å². The first kappa shape index (κ1) is 13.9. The molecule has 0 amide bonds. The molecule has 1 aliphatic rings. The second-order valence-corrected chi connectivity index (χ2v) is 6.50. The summed E-state index contributed by atoms with van der Waals surface area (Å²) in [5, 5.41) is 8.96. The van der Waals surface area contributed by atoms with Crippen molar-refractivity contribution >= 4 is 5.69 Å². The molecule has 0 spiro atoms. The zero-order valence-corrected chi connectivity index (χ0v) is 12.3. The van der Waals surface area contributed by atoms with Crippen LogP contribution in [0.5, 0.6) is 0 Å². The van der Waals surface area contributed by atoms with Gasteiger partial charge in [0.15, 0.2) is 0 Å². The van der Waals surface area contributed by atoms with Crippen LogP contribution in [0.15, 0.2) is 24.3 Å². The summed E-state index contributed by atoms with van der Waals surface area (Å²) in [4.78, 5) is 2.42. The quantitative estimate of drug-likeness (QED) is 0.790. The summed E-state index contributed by atoms with van der Waals surface area (Å²) in [5.74, 6) is 0. The molecule has 19 heavy (non-hydrogen) atoms. The van der Waals surface area contributed by atoms with E-state index in [1.54, 1.807) is 0 Å². The van der Waals surface area contributed by atoms with Crippen molar-refractivity contribution in [3.8, 4) is 6.07 Å². The molecule has 0 bridgehead atoms. The van der Waals surface area contributed by atoms with Gasteiger partial charge in [-0.1, -0.05) is 32.9 Å². The van der Waals surface area contributed by atoms with Crippen LogP contribution in [-0.2, 0) is 5.41 Å². The van der Waals surface area contributed by atoms with Gasteiger partial charge >= 0.3 is 0 Å². The van der Waals surface area contributed by atoms with Crippen LogP contribution in [-0.4, -0.2) is 12.6 Å². The predicted octanol–water partition coefficient (Wildman–Crippen LogP) is 4.26. The maximum absolute atomic E-state index is 8.96. The lowest BCUT2D eigenvalue weighted by atomic mass is 9.87. The van der Waals surface area contributed by atoms with Crippen molar-refractivity contribution in [1.29, 1.82) is 5.26 Å². The molecule has 1 atom stereocenters. The minimum atomic E-state index is 0.201. The summed E-state index contributed by atoms with van der Waals surface area (Å²) in [6.07, 6.45) is 4.28. The van der Waals surface area contributed by atoms with Gasteiger partial charge in [0.25, 0.3) is 0 Å². The van der Waals surface area contributed by atoms with Gasteiger partial charge in [0.05, 0.1) is 12.5 Å². The first-order valence-corrected chi connectivity index (χ1v) is 7.26. The summed E-state index contributed by atoms with van der Waals surface area (Å²) in [7, 11) is 0. The minimum absolute atomic E-state index is 0.201. The molecule has 1 fully saturated rings. The van der Waals surface area contributed by atoms with Gasteiger partial charge in [-0.15, -0.1) is 0 Å². The van der Waals surface area contributed by atoms with Gasteiger partial charge in [-0.3, -0.25) is 0 Å². The largest absolute Gasteiger partial charge is 0.368 e. The van der Waals surface area contributed by atoms with Crippen molar-refractivity contribution in [1.82, 2.24) is 0 Å². The average molecular weight is 256 g/mol. The third-order valence-electron chi connectivity index (χ3n) is 4.02. The number of nitrogens with zero attached hydrogens (tertiary/aromatic N) is 2. The van der Waals surface area contributed by atoms with Crippen molar-refractivity contribution in [2.45, 2.75) is 57.9 Å². The first-order valence-electron chi connectivity index (χ1n) is 7.26. The van der Waals surface area contributed by atoms with Crippen LogP contribution in [0, 0.1) is 11.3 Å². The molecule has 2 heteroatoms. The Kier molecular flexibility index (Phi) is 4.14. The lowest BCUT2D eigenvalue weighted by Gasteiger charge is -2.36. The lowest BCUT2D eigenvalue weighted by Crippen LogP contribution is -2.39. The van der Waals surface area contributed by atoms with Gasteiger partial charge in [-0.05, 0) is 42.4 Å². The second-order valence-electron chi connectivity index (χ2n) is 6.50. The molecule has 0 N–H and O–H groups in total. The molecule has 2 nitrogen and oxygen atoms in total. The van der Waals surface area contributed by atoms with Crippen LogP contribution in [0.25, 0.3) is 0 Å². The maximum atomic E-state index is 8.96. The van der Waals surface area contributed by atoms with E-state index < -0.39 is 0 Å². The van der Waals surface area contributed by atoms with Crippen molar-refractivity contribution < 1.29 is 0 Å². The van der Waals surface area contributed by atoms with Crippen molar-refractivity contribution in [2.75, 3.05) is 11.4 Å². The lowest BCUT2D eigenvalue weighted by molar-refractivity contribution is 0.464. The second kappa shape index (κ2) is 5.65. The Labute approximate surface area is 117 Å². The Bertz CT molecular complexity index is 448. The summed E-state index contributed by atoms with van der Waals surface area (Å²) in [6, 6.07) is 11.6. The normalized spacial score (nSPS) is 20.1. The molecule has 0 radical (unpaired) electrons. The number of anilines is 1. The summed E-state index contributed by atoms with van der Waals surface area (Å²) < 4.78 is 0. The number of benzene rings is 1. The molecular weight excluding hydrogens is 232 g/mol. The van der Waals surface area contributed by atoms with E-state index in [0.717, 1.165) is 13.0 Å². The molecule has 1 saturated heterocycles. The molecule has 0 aliphatic carbocycles. The number of rotatable bonds is 2. The SMILES string of the molecule is CC(C)(C)c1ccc(N2CCCCC2CC#N)cc1. The topological polar surface area (TPSA) is 27.0 Å². The highest BCUT2D eigenvalue weighted by Gasteiger charge is 2.22. The van der Waals surface area contributed by atoms with Gasteiger partial charge in [0.1, 0.15) is 0 Å². The fraction of sp³-hybridized carbons (Fsp3) is 0.588. The van der Waals surface area contributed by atoms with E-state index in [4.69, 9.17) is 5.26 Å². The van der Waals surface area contributed by atoms with Crippen molar-refractivity contribution in [3.05, 3.63) is 29.8 Å². The van der Waals surface area contributed by atoms with E-state index in [1.807, 2.05) is 0 Å². The van der Waals surface area contributed by atoms with Crippen LogP contribution >= 0.6 is 0 Å². The number of hydrogen-bond acceptors (Lipinski definition) is 2. The Hall–Kier alpha value is -1.49. The molecule has 1 aromatic rings. The summed E-state index contributed by atoms with van der Waals surface area (Å²) in [6.45, 7) is 7.80. The molecule has 1 heterocycles. The highest BCUT2D eigenvalue weighted by Crippen LogP contribution is 2.29. The highest BCUT2D eigenvalue weighted by molar-refractivity contribution is 5.50. The Morgan fingerprint density at radius 2 is 1.89 bits per heavy atom. The van der Waals surface area contributed by atoms with Crippen LogP contribution in [0.1, 0.15) is 52.0 Å². The zero-order chi connectivity index (χ0) is 13.9. The molecule has 2 rings (SSSR count). The van der Waals surface area contributed by atoms with Crippen LogP contribution in [0.3, 0.4) is 0 Å². The van der Waals surface area contributed by atoms with E-state index in [1.165, 1.54) is 24.1 Å².